The zero-order chi connectivity index (χ0) is 12.2. The van der Waals surface area contributed by atoms with E-state index < -0.39 is 0 Å². The fourth-order valence-electron chi connectivity index (χ4n) is 1.87. The molecule has 0 amide bonds. The van der Waals surface area contributed by atoms with Crippen molar-refractivity contribution in [2.45, 2.75) is 39.2 Å². The van der Waals surface area contributed by atoms with Gasteiger partial charge >= 0.3 is 0 Å². The molecule has 0 aromatic rings. The van der Waals surface area contributed by atoms with Gasteiger partial charge in [-0.3, -0.25) is 0 Å². The third-order valence-electron chi connectivity index (χ3n) is 4.02. The molecular weight excluding hydrogens is 200 g/mol. The molecule has 1 heterocycles. The first-order valence-electron chi connectivity index (χ1n) is 6.32. The van der Waals surface area contributed by atoms with Crippen LogP contribution in [0.5, 0.6) is 0 Å². The zero-order valence-electron chi connectivity index (χ0n) is 11.6. The molecule has 0 aromatic carbocycles. The maximum absolute atomic E-state index is 5.41. The fraction of sp³-hybridized carbons (Fsp3) is 1.00. The number of nitrogens with zero attached hydrogens (tertiary/aromatic N) is 1. The van der Waals surface area contributed by atoms with Crippen LogP contribution in [0.2, 0.25) is 0 Å². The van der Waals surface area contributed by atoms with Crippen molar-refractivity contribution in [1.29, 1.82) is 0 Å². The van der Waals surface area contributed by atoms with Crippen LogP contribution < -0.4 is 5.32 Å². The van der Waals surface area contributed by atoms with Gasteiger partial charge in [0.2, 0.25) is 0 Å². The average Bonchev–Trinajstić information content (AvgIpc) is 2.17. The number of hydrogen-bond donors (Lipinski definition) is 1. The lowest BCUT2D eigenvalue weighted by atomic mass is 9.82. The third kappa shape index (κ3) is 4.04. The van der Waals surface area contributed by atoms with Crippen molar-refractivity contribution in [3.8, 4) is 0 Å². The quantitative estimate of drug-likeness (QED) is 0.775. The number of ether oxygens (including phenoxy) is 1. The minimum absolute atomic E-state index is 0.224. The molecule has 1 aliphatic heterocycles. The standard InChI is InChI=1S/C13H28N2O/c1-12(2,15(4)5)10-14-11-13(3)6-8-16-9-7-13/h14H,6-11H2,1-5H3. The SMILES string of the molecule is CN(C)C(C)(C)CNCC1(C)CCOCC1. The van der Waals surface area contributed by atoms with Crippen LogP contribution in [0.25, 0.3) is 0 Å². The third-order valence-corrected chi connectivity index (χ3v) is 4.02. The van der Waals surface area contributed by atoms with E-state index in [9.17, 15) is 0 Å². The molecule has 0 spiro atoms. The summed E-state index contributed by atoms with van der Waals surface area (Å²) in [6, 6.07) is 0. The molecule has 16 heavy (non-hydrogen) atoms. The van der Waals surface area contributed by atoms with Gasteiger partial charge in [-0.15, -0.1) is 0 Å². The first kappa shape index (κ1) is 13.9. The van der Waals surface area contributed by atoms with Crippen LogP contribution in [-0.4, -0.2) is 50.8 Å². The molecule has 0 radical (unpaired) electrons. The van der Waals surface area contributed by atoms with E-state index in [4.69, 9.17) is 4.74 Å². The van der Waals surface area contributed by atoms with E-state index in [-0.39, 0.29) is 5.54 Å². The molecule has 0 aromatic heterocycles. The van der Waals surface area contributed by atoms with E-state index in [1.165, 1.54) is 12.8 Å². The molecule has 0 unspecified atom stereocenters. The Morgan fingerprint density at radius 2 is 1.81 bits per heavy atom. The summed E-state index contributed by atoms with van der Waals surface area (Å²) < 4.78 is 5.41. The predicted molar refractivity (Wildman–Crippen MR) is 68.8 cm³/mol. The van der Waals surface area contributed by atoms with Crippen molar-refractivity contribution in [3.05, 3.63) is 0 Å². The minimum atomic E-state index is 0.224. The van der Waals surface area contributed by atoms with E-state index >= 15 is 0 Å². The summed E-state index contributed by atoms with van der Waals surface area (Å²) in [7, 11) is 4.27. The minimum Gasteiger partial charge on any atom is -0.381 e. The maximum atomic E-state index is 5.41. The van der Waals surface area contributed by atoms with Crippen LogP contribution in [0.4, 0.5) is 0 Å². The Hall–Kier alpha value is -0.120. The van der Waals surface area contributed by atoms with Gasteiger partial charge in [-0.25, -0.2) is 0 Å². The zero-order valence-corrected chi connectivity index (χ0v) is 11.6. The van der Waals surface area contributed by atoms with Gasteiger partial charge in [0.05, 0.1) is 0 Å². The van der Waals surface area contributed by atoms with Crippen LogP contribution in [0.3, 0.4) is 0 Å². The van der Waals surface area contributed by atoms with Crippen LogP contribution >= 0.6 is 0 Å². The molecule has 1 rings (SSSR count). The van der Waals surface area contributed by atoms with Gasteiger partial charge in [0.25, 0.3) is 0 Å². The van der Waals surface area contributed by atoms with E-state index in [1.807, 2.05) is 0 Å². The first-order chi connectivity index (χ1) is 7.36. The van der Waals surface area contributed by atoms with Crippen molar-refractivity contribution in [2.24, 2.45) is 5.41 Å². The summed E-state index contributed by atoms with van der Waals surface area (Å²) >= 11 is 0. The molecule has 0 aliphatic carbocycles. The van der Waals surface area contributed by atoms with Crippen molar-refractivity contribution in [3.63, 3.8) is 0 Å². The van der Waals surface area contributed by atoms with Gasteiger partial charge < -0.3 is 15.0 Å². The van der Waals surface area contributed by atoms with Gasteiger partial charge in [-0.05, 0) is 46.2 Å². The van der Waals surface area contributed by atoms with Gasteiger partial charge in [-0.2, -0.15) is 0 Å². The Labute approximate surface area is 101 Å². The van der Waals surface area contributed by atoms with E-state index in [2.05, 4.69) is 45.1 Å². The molecule has 0 bridgehead atoms. The number of hydrogen-bond acceptors (Lipinski definition) is 3. The second kappa shape index (κ2) is 5.48. The molecule has 3 nitrogen and oxygen atoms in total. The Bertz CT molecular complexity index is 208. The average molecular weight is 228 g/mol. The summed E-state index contributed by atoms with van der Waals surface area (Å²) in [4.78, 5) is 2.27. The van der Waals surface area contributed by atoms with E-state index in [0.29, 0.717) is 5.41 Å². The lowest BCUT2D eigenvalue weighted by Crippen LogP contribution is -2.49. The van der Waals surface area contributed by atoms with Crippen LogP contribution in [0.15, 0.2) is 0 Å². The van der Waals surface area contributed by atoms with Crippen LogP contribution in [-0.2, 0) is 4.74 Å². The van der Waals surface area contributed by atoms with Crippen molar-refractivity contribution in [1.82, 2.24) is 10.2 Å². The van der Waals surface area contributed by atoms with Gasteiger partial charge in [0, 0.05) is 31.8 Å². The number of nitrogens with one attached hydrogen (secondary N) is 1. The lowest BCUT2D eigenvalue weighted by Gasteiger charge is -2.37. The highest BCUT2D eigenvalue weighted by Gasteiger charge is 2.28. The fourth-order valence-corrected chi connectivity index (χ4v) is 1.87. The Kier molecular flexibility index (Phi) is 4.77. The van der Waals surface area contributed by atoms with Gasteiger partial charge in [-0.1, -0.05) is 6.92 Å². The summed E-state index contributed by atoms with van der Waals surface area (Å²) in [6.07, 6.45) is 2.37. The van der Waals surface area contributed by atoms with Gasteiger partial charge in [0.1, 0.15) is 0 Å². The predicted octanol–water partition coefficient (Wildman–Crippen LogP) is 1.73. The number of rotatable bonds is 5. The monoisotopic (exact) mass is 228 g/mol. The molecule has 3 heteroatoms. The highest BCUT2D eigenvalue weighted by molar-refractivity contribution is 4.84. The topological polar surface area (TPSA) is 24.5 Å². The Morgan fingerprint density at radius 1 is 1.25 bits per heavy atom. The summed E-state index contributed by atoms with van der Waals surface area (Å²) in [5, 5.41) is 3.62. The molecule has 1 N–H and O–H groups in total. The molecule has 0 saturated carbocycles. The molecule has 96 valence electrons. The normalized spacial score (nSPS) is 21.4. The van der Waals surface area contributed by atoms with Gasteiger partial charge in [0.15, 0.2) is 0 Å². The Balaban J connectivity index is 2.29. The van der Waals surface area contributed by atoms with Crippen molar-refractivity contribution in [2.75, 3.05) is 40.4 Å². The second-order valence-electron chi connectivity index (χ2n) is 6.23. The highest BCUT2D eigenvalue weighted by atomic mass is 16.5. The largest absolute Gasteiger partial charge is 0.381 e. The summed E-state index contributed by atoms with van der Waals surface area (Å²) in [5.74, 6) is 0. The van der Waals surface area contributed by atoms with E-state index in [1.54, 1.807) is 0 Å². The lowest BCUT2D eigenvalue weighted by molar-refractivity contribution is 0.0226. The first-order valence-corrected chi connectivity index (χ1v) is 6.32. The Morgan fingerprint density at radius 3 is 2.31 bits per heavy atom. The molecule has 0 atom stereocenters. The molecule has 1 fully saturated rings. The van der Waals surface area contributed by atoms with Crippen molar-refractivity contribution >= 4 is 0 Å². The van der Waals surface area contributed by atoms with E-state index in [0.717, 1.165) is 26.3 Å². The molecule has 1 aliphatic rings. The molecule has 1 saturated heterocycles. The number of likely N-dealkylation sites (N-methyl/N-ethyl adjacent to an activating group) is 1. The molecular formula is C13H28N2O. The maximum Gasteiger partial charge on any atom is 0.0471 e. The smallest absolute Gasteiger partial charge is 0.0471 e. The van der Waals surface area contributed by atoms with Crippen molar-refractivity contribution < 1.29 is 4.74 Å². The summed E-state index contributed by atoms with van der Waals surface area (Å²) in [5.41, 5.74) is 0.655. The second-order valence-corrected chi connectivity index (χ2v) is 6.23. The summed E-state index contributed by atoms with van der Waals surface area (Å²) in [6.45, 7) is 10.9. The van der Waals surface area contributed by atoms with Crippen LogP contribution in [0, 0.1) is 5.41 Å². The van der Waals surface area contributed by atoms with Crippen LogP contribution in [0.1, 0.15) is 33.6 Å². The highest BCUT2D eigenvalue weighted by Crippen LogP contribution is 2.28.